The van der Waals surface area contributed by atoms with Crippen LogP contribution in [0, 0.1) is 6.92 Å². The number of aromatic amines is 2. The number of rotatable bonds is 10. The summed E-state index contributed by atoms with van der Waals surface area (Å²) in [5.74, 6) is 0. The second-order valence-corrected chi connectivity index (χ2v) is 11.7. The molecule has 202 valence electrons. The standard InChI is InChI=1S/C13H20N5O15P3/c1-5-2-18(17-16-5)3-6-8(12(21)15-13(22)14-6)11-10(20)9(19)7(31-11)4-30-35(26,27)33-36(28,29)32-34(23,24)25/h2,7,9-11,19-20H,3-4H2,1H3,(H,26,27)(H,28,29)(H2,23,24,25)(H2,14,15,21,22)/t7-,9?,10+,11+/m1/s1. The molecule has 3 heterocycles. The summed E-state index contributed by atoms with van der Waals surface area (Å²) in [4.78, 5) is 64.4. The molecular weight excluding hydrogens is 559 g/mol. The van der Waals surface area contributed by atoms with Gasteiger partial charge in [0, 0.05) is 6.20 Å². The van der Waals surface area contributed by atoms with Crippen molar-refractivity contribution < 1.29 is 61.4 Å². The van der Waals surface area contributed by atoms with Gasteiger partial charge >= 0.3 is 29.2 Å². The third-order valence-corrected chi connectivity index (χ3v) is 8.30. The molecule has 0 saturated carbocycles. The van der Waals surface area contributed by atoms with Crippen LogP contribution in [0.2, 0.25) is 0 Å². The number of ether oxygens (including phenoxy) is 1. The fourth-order valence-corrected chi connectivity index (χ4v) is 6.23. The summed E-state index contributed by atoms with van der Waals surface area (Å²) in [6.07, 6.45) is -5.44. The monoisotopic (exact) mass is 579 g/mol. The average molecular weight is 579 g/mol. The van der Waals surface area contributed by atoms with E-state index in [0.717, 1.165) is 0 Å². The SMILES string of the molecule is Cc1cn(Cc2[nH]c(=O)[nH]c(=O)c2[C@@H]2O[C@H](COP(=O)(O)OP(=O)(O)OP(=O)(O)O)C(O)[C@@H]2O)nn1. The first-order chi connectivity index (χ1) is 16.5. The molecule has 0 spiro atoms. The predicted molar refractivity (Wildman–Crippen MR) is 111 cm³/mol. The molecule has 0 aromatic carbocycles. The van der Waals surface area contributed by atoms with Crippen molar-refractivity contribution in [3.63, 3.8) is 0 Å². The summed E-state index contributed by atoms with van der Waals surface area (Å²) in [6.45, 7) is 0.342. The molecule has 23 heteroatoms. The number of nitrogens with zero attached hydrogens (tertiary/aromatic N) is 3. The van der Waals surface area contributed by atoms with Crippen LogP contribution in [-0.2, 0) is 38.1 Å². The topological polar surface area (TPSA) is 306 Å². The van der Waals surface area contributed by atoms with Gasteiger partial charge in [-0.1, -0.05) is 5.21 Å². The summed E-state index contributed by atoms with van der Waals surface area (Å²) in [5, 5.41) is 28.3. The summed E-state index contributed by atoms with van der Waals surface area (Å²) in [5.41, 5.74) is -1.76. The van der Waals surface area contributed by atoms with Crippen LogP contribution in [0.3, 0.4) is 0 Å². The minimum Gasteiger partial charge on any atom is -0.387 e. The predicted octanol–water partition coefficient (Wildman–Crippen LogP) is -2.48. The minimum atomic E-state index is -5.78. The quantitative estimate of drug-likeness (QED) is 0.135. The first kappa shape index (κ1) is 28.7. The normalized spacial score (nSPS) is 26.0. The summed E-state index contributed by atoms with van der Waals surface area (Å²) in [7, 11) is -16.9. The molecule has 6 atom stereocenters. The Bertz CT molecular complexity index is 1370. The van der Waals surface area contributed by atoms with E-state index >= 15 is 0 Å². The highest BCUT2D eigenvalue weighted by Gasteiger charge is 2.47. The minimum absolute atomic E-state index is 0.0709. The van der Waals surface area contributed by atoms with Crippen LogP contribution in [0.1, 0.15) is 23.1 Å². The van der Waals surface area contributed by atoms with Gasteiger partial charge in [0.05, 0.1) is 30.1 Å². The third-order valence-electron chi connectivity index (χ3n) is 4.50. The van der Waals surface area contributed by atoms with E-state index in [1.54, 1.807) is 6.92 Å². The molecule has 2 aromatic heterocycles. The highest BCUT2D eigenvalue weighted by molar-refractivity contribution is 7.66. The first-order valence-corrected chi connectivity index (χ1v) is 14.0. The number of aromatic nitrogens is 5. The Morgan fingerprint density at radius 3 is 2.31 bits per heavy atom. The Balaban J connectivity index is 1.78. The van der Waals surface area contributed by atoms with E-state index in [4.69, 9.17) is 14.5 Å². The van der Waals surface area contributed by atoms with Gasteiger partial charge in [0.1, 0.15) is 24.4 Å². The van der Waals surface area contributed by atoms with Crippen molar-refractivity contribution in [3.05, 3.63) is 44.0 Å². The summed E-state index contributed by atoms with van der Waals surface area (Å²) >= 11 is 0. The second-order valence-electron chi connectivity index (χ2n) is 7.32. The lowest BCUT2D eigenvalue weighted by atomic mass is 10.0. The Morgan fingerprint density at radius 1 is 1.06 bits per heavy atom. The highest BCUT2D eigenvalue weighted by atomic mass is 31.3. The molecule has 1 saturated heterocycles. The van der Waals surface area contributed by atoms with Gasteiger partial charge in [0.15, 0.2) is 0 Å². The van der Waals surface area contributed by atoms with Gasteiger partial charge in [-0.15, -0.1) is 5.10 Å². The molecule has 20 nitrogen and oxygen atoms in total. The van der Waals surface area contributed by atoms with Crippen LogP contribution in [0.5, 0.6) is 0 Å². The maximum atomic E-state index is 12.5. The van der Waals surface area contributed by atoms with E-state index in [9.17, 15) is 43.3 Å². The zero-order valence-electron chi connectivity index (χ0n) is 17.8. The Hall–Kier alpha value is -1.89. The molecule has 3 unspecified atom stereocenters. The Kier molecular flexibility index (Phi) is 8.34. The van der Waals surface area contributed by atoms with E-state index in [1.165, 1.54) is 10.9 Å². The van der Waals surface area contributed by atoms with Gasteiger partial charge in [-0.25, -0.2) is 23.2 Å². The van der Waals surface area contributed by atoms with Crippen molar-refractivity contribution in [1.29, 1.82) is 0 Å². The summed E-state index contributed by atoms with van der Waals surface area (Å²) < 4.78 is 52.2. The van der Waals surface area contributed by atoms with Crippen LogP contribution in [0.4, 0.5) is 0 Å². The van der Waals surface area contributed by atoms with Crippen molar-refractivity contribution in [2.45, 2.75) is 37.9 Å². The van der Waals surface area contributed by atoms with Crippen LogP contribution >= 0.6 is 23.5 Å². The number of aliphatic hydroxyl groups is 2. The van der Waals surface area contributed by atoms with Crippen molar-refractivity contribution in [3.8, 4) is 0 Å². The van der Waals surface area contributed by atoms with E-state index in [2.05, 4.69) is 28.4 Å². The molecule has 1 fully saturated rings. The van der Waals surface area contributed by atoms with Gasteiger partial charge in [0.25, 0.3) is 5.56 Å². The van der Waals surface area contributed by atoms with Crippen LogP contribution in [0.15, 0.2) is 15.8 Å². The molecule has 0 amide bonds. The third kappa shape index (κ3) is 7.33. The van der Waals surface area contributed by atoms with Gasteiger partial charge in [-0.05, 0) is 6.92 Å². The highest BCUT2D eigenvalue weighted by Crippen LogP contribution is 2.66. The lowest BCUT2D eigenvalue weighted by molar-refractivity contribution is -0.0230. The van der Waals surface area contributed by atoms with Gasteiger partial charge < -0.3 is 39.5 Å². The molecule has 0 radical (unpaired) electrons. The van der Waals surface area contributed by atoms with E-state index in [1.807, 2.05) is 4.98 Å². The fraction of sp³-hybridized carbons (Fsp3) is 0.538. The first-order valence-electron chi connectivity index (χ1n) is 9.48. The second kappa shape index (κ2) is 10.5. The molecule has 36 heavy (non-hydrogen) atoms. The number of aliphatic hydroxyl groups excluding tert-OH is 2. The van der Waals surface area contributed by atoms with Crippen molar-refractivity contribution in [1.82, 2.24) is 25.0 Å². The average Bonchev–Trinajstić information content (AvgIpc) is 3.21. The number of hydrogen-bond donors (Lipinski definition) is 8. The van der Waals surface area contributed by atoms with Gasteiger partial charge in [-0.3, -0.25) is 14.3 Å². The van der Waals surface area contributed by atoms with Crippen molar-refractivity contribution in [2.75, 3.05) is 6.61 Å². The van der Waals surface area contributed by atoms with Gasteiger partial charge in [-0.2, -0.15) is 8.62 Å². The van der Waals surface area contributed by atoms with Crippen LogP contribution in [0.25, 0.3) is 0 Å². The molecule has 8 N–H and O–H groups in total. The van der Waals surface area contributed by atoms with Crippen molar-refractivity contribution >= 4 is 23.5 Å². The summed E-state index contributed by atoms with van der Waals surface area (Å²) in [6, 6.07) is 0. The number of H-pyrrole nitrogens is 2. The molecule has 0 bridgehead atoms. The molecular formula is C13H20N5O15P3. The lowest BCUT2D eigenvalue weighted by Gasteiger charge is -2.19. The number of hydrogen-bond acceptors (Lipinski definition) is 13. The number of phosphoric ester groups is 1. The molecule has 2 aromatic rings. The van der Waals surface area contributed by atoms with Crippen LogP contribution < -0.4 is 11.2 Å². The number of phosphoric acid groups is 3. The van der Waals surface area contributed by atoms with E-state index in [-0.39, 0.29) is 17.8 Å². The largest absolute Gasteiger partial charge is 0.490 e. The molecule has 0 aliphatic carbocycles. The Morgan fingerprint density at radius 2 is 1.72 bits per heavy atom. The van der Waals surface area contributed by atoms with E-state index < -0.39 is 65.7 Å². The smallest absolute Gasteiger partial charge is 0.387 e. The molecule has 3 rings (SSSR count). The van der Waals surface area contributed by atoms with Crippen molar-refractivity contribution in [2.24, 2.45) is 0 Å². The fourth-order valence-electron chi connectivity index (χ4n) is 3.20. The lowest BCUT2D eigenvalue weighted by Crippen LogP contribution is -2.35. The number of nitrogens with one attached hydrogen (secondary N) is 2. The molecule has 1 aliphatic rings. The van der Waals surface area contributed by atoms with Crippen LogP contribution in [-0.4, -0.2) is 79.7 Å². The number of aryl methyl sites for hydroxylation is 1. The van der Waals surface area contributed by atoms with Gasteiger partial charge in [0.2, 0.25) is 0 Å². The Labute approximate surface area is 198 Å². The maximum absolute atomic E-state index is 12.5. The maximum Gasteiger partial charge on any atom is 0.490 e. The van der Waals surface area contributed by atoms with E-state index in [0.29, 0.717) is 5.69 Å². The molecule has 1 aliphatic heterocycles. The zero-order valence-corrected chi connectivity index (χ0v) is 20.5. The zero-order chi connectivity index (χ0) is 27.1.